The van der Waals surface area contributed by atoms with Crippen molar-refractivity contribution < 1.29 is 23.1 Å². The molecule has 0 spiro atoms. The number of aromatic hydroxyl groups is 1. The van der Waals surface area contributed by atoms with E-state index in [0.717, 1.165) is 6.07 Å². The van der Waals surface area contributed by atoms with Crippen molar-refractivity contribution in [1.82, 2.24) is 0 Å². The summed E-state index contributed by atoms with van der Waals surface area (Å²) in [4.78, 5) is 12.0. The molecule has 0 atom stereocenters. The molecule has 2 rings (SSSR count). The Morgan fingerprint density at radius 2 is 1.67 bits per heavy atom. The third-order valence-electron chi connectivity index (χ3n) is 4.73. The molecule has 30 heavy (non-hydrogen) atoms. The van der Waals surface area contributed by atoms with E-state index in [1.165, 1.54) is 30.3 Å². The van der Waals surface area contributed by atoms with Gasteiger partial charge in [-0.2, -0.15) is 18.4 Å². The summed E-state index contributed by atoms with van der Waals surface area (Å²) < 4.78 is 42.1. The standard InChI is InChI=1S/C23H23F3N2O2/c1-12(2)17-9-15(10-18(13(3)4)21(17)29)16-7-6-8-19(20(16)23(24,25)26)28-22(30)14(5)11-27/h6-10,12-13,29H,5H2,1-4H3,(H,28,30). The van der Waals surface area contributed by atoms with Crippen LogP contribution in [0.1, 0.15) is 56.2 Å². The van der Waals surface area contributed by atoms with Crippen LogP contribution in [0.25, 0.3) is 11.1 Å². The second kappa shape index (κ2) is 8.62. The van der Waals surface area contributed by atoms with Crippen LogP contribution in [0.5, 0.6) is 5.75 Å². The average molecular weight is 416 g/mol. The lowest BCUT2D eigenvalue weighted by Gasteiger charge is -2.21. The van der Waals surface area contributed by atoms with Gasteiger partial charge in [-0.05, 0) is 52.3 Å². The van der Waals surface area contributed by atoms with E-state index >= 15 is 0 Å². The summed E-state index contributed by atoms with van der Waals surface area (Å²) in [6, 6.07) is 8.44. The van der Waals surface area contributed by atoms with Gasteiger partial charge in [-0.1, -0.05) is 46.4 Å². The van der Waals surface area contributed by atoms with Crippen molar-refractivity contribution in [1.29, 1.82) is 5.26 Å². The van der Waals surface area contributed by atoms with Gasteiger partial charge < -0.3 is 10.4 Å². The van der Waals surface area contributed by atoms with Crippen LogP contribution in [-0.4, -0.2) is 11.0 Å². The molecule has 0 heterocycles. The summed E-state index contributed by atoms with van der Waals surface area (Å²) in [7, 11) is 0. The summed E-state index contributed by atoms with van der Waals surface area (Å²) in [6.07, 6.45) is -4.78. The molecule has 7 heteroatoms. The van der Waals surface area contributed by atoms with Crippen LogP contribution in [0.2, 0.25) is 0 Å². The predicted octanol–water partition coefficient (Wildman–Crippen LogP) is 6.34. The number of anilines is 1. The van der Waals surface area contributed by atoms with E-state index in [9.17, 15) is 23.1 Å². The molecule has 2 aromatic rings. The molecule has 0 aliphatic rings. The zero-order valence-corrected chi connectivity index (χ0v) is 17.2. The summed E-state index contributed by atoms with van der Waals surface area (Å²) >= 11 is 0. The summed E-state index contributed by atoms with van der Waals surface area (Å²) in [6.45, 7) is 10.6. The van der Waals surface area contributed by atoms with Crippen molar-refractivity contribution in [2.24, 2.45) is 0 Å². The number of hydrogen-bond donors (Lipinski definition) is 2. The van der Waals surface area contributed by atoms with Gasteiger partial charge in [-0.15, -0.1) is 0 Å². The van der Waals surface area contributed by atoms with Crippen LogP contribution in [0.3, 0.4) is 0 Å². The molecule has 2 N–H and O–H groups in total. The highest BCUT2D eigenvalue weighted by Gasteiger charge is 2.37. The second-order valence-electron chi connectivity index (χ2n) is 7.58. The van der Waals surface area contributed by atoms with E-state index in [2.05, 4.69) is 11.9 Å². The number of rotatable bonds is 5. The van der Waals surface area contributed by atoms with Crippen LogP contribution >= 0.6 is 0 Å². The van der Waals surface area contributed by atoms with Crippen molar-refractivity contribution in [3.8, 4) is 22.9 Å². The number of benzene rings is 2. The van der Waals surface area contributed by atoms with Crippen molar-refractivity contribution >= 4 is 11.6 Å². The lowest BCUT2D eigenvalue weighted by atomic mass is 9.88. The van der Waals surface area contributed by atoms with E-state index in [1.807, 2.05) is 27.7 Å². The molecule has 0 fully saturated rings. The molecule has 0 saturated heterocycles. The third kappa shape index (κ3) is 4.65. The van der Waals surface area contributed by atoms with Crippen LogP contribution < -0.4 is 5.32 Å². The fourth-order valence-corrected chi connectivity index (χ4v) is 3.17. The van der Waals surface area contributed by atoms with Gasteiger partial charge in [-0.3, -0.25) is 4.79 Å². The van der Waals surface area contributed by atoms with Crippen molar-refractivity contribution in [2.45, 2.75) is 45.7 Å². The highest BCUT2D eigenvalue weighted by molar-refractivity contribution is 6.06. The third-order valence-corrected chi connectivity index (χ3v) is 4.73. The molecular weight excluding hydrogens is 393 g/mol. The Balaban J connectivity index is 2.80. The van der Waals surface area contributed by atoms with E-state index in [-0.39, 0.29) is 28.7 Å². The fourth-order valence-electron chi connectivity index (χ4n) is 3.17. The van der Waals surface area contributed by atoms with Gasteiger partial charge in [0, 0.05) is 0 Å². The van der Waals surface area contributed by atoms with Gasteiger partial charge in [0.15, 0.2) is 0 Å². The summed E-state index contributed by atoms with van der Waals surface area (Å²) in [5.41, 5.74) is -0.768. The minimum Gasteiger partial charge on any atom is -0.507 e. The van der Waals surface area contributed by atoms with Crippen molar-refractivity contribution in [3.05, 3.63) is 59.2 Å². The lowest BCUT2D eigenvalue weighted by Crippen LogP contribution is -2.18. The monoisotopic (exact) mass is 416 g/mol. The van der Waals surface area contributed by atoms with E-state index in [0.29, 0.717) is 11.1 Å². The number of carbonyl (C=O) groups is 1. The first-order valence-electron chi connectivity index (χ1n) is 9.36. The fraction of sp³-hybridized carbons (Fsp3) is 0.304. The number of hydrogen-bond acceptors (Lipinski definition) is 3. The topological polar surface area (TPSA) is 73.1 Å². The predicted molar refractivity (Wildman–Crippen MR) is 110 cm³/mol. The normalized spacial score (nSPS) is 11.5. The van der Waals surface area contributed by atoms with Gasteiger partial charge >= 0.3 is 6.18 Å². The number of phenolic OH excluding ortho intramolecular Hbond substituents is 1. The zero-order valence-electron chi connectivity index (χ0n) is 17.2. The molecule has 1 amide bonds. The largest absolute Gasteiger partial charge is 0.507 e. The quantitative estimate of drug-likeness (QED) is 0.441. The molecule has 158 valence electrons. The van der Waals surface area contributed by atoms with Crippen LogP contribution in [0.4, 0.5) is 18.9 Å². The van der Waals surface area contributed by atoms with Crippen LogP contribution in [0.15, 0.2) is 42.5 Å². The maximum atomic E-state index is 14.0. The number of halogens is 3. The lowest BCUT2D eigenvalue weighted by molar-refractivity contribution is -0.136. The number of amides is 1. The van der Waals surface area contributed by atoms with Gasteiger partial charge in [0.2, 0.25) is 0 Å². The van der Waals surface area contributed by atoms with Gasteiger partial charge in [0.1, 0.15) is 17.4 Å². The highest BCUT2D eigenvalue weighted by Crippen LogP contribution is 2.44. The SMILES string of the molecule is C=C(C#N)C(=O)Nc1cccc(-c2cc(C(C)C)c(O)c(C(C)C)c2)c1C(F)(F)F. The Morgan fingerprint density at radius 1 is 1.13 bits per heavy atom. The highest BCUT2D eigenvalue weighted by atomic mass is 19.4. The number of nitrogens with zero attached hydrogens (tertiary/aromatic N) is 1. The first-order chi connectivity index (χ1) is 13.9. The smallest absolute Gasteiger partial charge is 0.419 e. The Kier molecular flexibility index (Phi) is 6.61. The summed E-state index contributed by atoms with van der Waals surface area (Å²) in [5.74, 6) is -1.15. The molecule has 4 nitrogen and oxygen atoms in total. The first kappa shape index (κ1) is 23.0. The van der Waals surface area contributed by atoms with Crippen molar-refractivity contribution in [2.75, 3.05) is 5.32 Å². The molecule has 0 aromatic heterocycles. The van der Waals surface area contributed by atoms with E-state index in [4.69, 9.17) is 5.26 Å². The number of nitriles is 1. The maximum Gasteiger partial charge on any atom is 0.419 e. The number of nitrogens with one attached hydrogen (secondary N) is 1. The van der Waals surface area contributed by atoms with E-state index in [1.54, 1.807) is 0 Å². The van der Waals surface area contributed by atoms with Gasteiger partial charge in [0.05, 0.1) is 11.3 Å². The molecule has 0 aliphatic carbocycles. The second-order valence-corrected chi connectivity index (χ2v) is 7.58. The molecule has 2 aromatic carbocycles. The molecule has 0 aliphatic heterocycles. The molecular formula is C23H23F3N2O2. The molecule has 0 unspecified atom stereocenters. The van der Waals surface area contributed by atoms with Gasteiger partial charge in [0.25, 0.3) is 5.91 Å². The Hall–Kier alpha value is -3.27. The number of carbonyl (C=O) groups excluding carboxylic acids is 1. The number of phenols is 1. The molecule has 0 bridgehead atoms. The number of alkyl halides is 3. The minimum absolute atomic E-state index is 0.0760. The average Bonchev–Trinajstić information content (AvgIpc) is 2.65. The van der Waals surface area contributed by atoms with E-state index < -0.39 is 28.9 Å². The molecule has 0 radical (unpaired) electrons. The Bertz CT molecular complexity index is 1000. The Morgan fingerprint density at radius 3 is 2.10 bits per heavy atom. The maximum absolute atomic E-state index is 14.0. The first-order valence-corrected chi connectivity index (χ1v) is 9.36. The van der Waals surface area contributed by atoms with Gasteiger partial charge in [-0.25, -0.2) is 0 Å². The zero-order chi connectivity index (χ0) is 22.8. The summed E-state index contributed by atoms with van der Waals surface area (Å²) in [5, 5.41) is 21.5. The molecule has 0 saturated carbocycles. The van der Waals surface area contributed by atoms with Crippen molar-refractivity contribution in [3.63, 3.8) is 0 Å². The van der Waals surface area contributed by atoms with Crippen LogP contribution in [-0.2, 0) is 11.0 Å². The van der Waals surface area contributed by atoms with Crippen LogP contribution in [0, 0.1) is 11.3 Å². The minimum atomic E-state index is -4.78. The Labute approximate surface area is 173 Å².